The number of ketones is 1. The first kappa shape index (κ1) is 42.7. The standard InChI is InChI=1S/C48H70O9Si/c1-8-18-39-38(32(2)41(53-39)29-35-30-50-47(6,7)55-35)28-33(49)27-34-23-24-40-43(52-34)45-44(56-48(57-45)25-16-11-17-26-48)42(54-40)31-51-58(46(3,4)5,36-19-12-9-13-20-36)37-21-14-10-15-22-37/h9-10,12-15,19-22,32,34-35,38-45H,8,11,16-18,23-31H2,1-7H3/t32-,34?,35+,38-,39+,40+,41?,42+,43+,44-,45+/m1/s1. The Morgan fingerprint density at radius 3 is 2.07 bits per heavy atom. The number of carbonyl (C=O) groups excluding carboxylic acids is 1. The predicted molar refractivity (Wildman–Crippen MR) is 226 cm³/mol. The zero-order valence-corrected chi connectivity index (χ0v) is 37.2. The van der Waals surface area contributed by atoms with Crippen molar-refractivity contribution in [3.63, 3.8) is 0 Å². The summed E-state index contributed by atoms with van der Waals surface area (Å²) in [6, 6.07) is 21.6. The minimum absolute atomic E-state index is 0.0147. The highest BCUT2D eigenvalue weighted by Gasteiger charge is 2.60. The second-order valence-electron chi connectivity index (χ2n) is 19.8. The normalized spacial score (nSPS) is 35.8. The lowest BCUT2D eigenvalue weighted by molar-refractivity contribution is -0.243. The summed E-state index contributed by atoms with van der Waals surface area (Å²) in [5.41, 5.74) is 0. The van der Waals surface area contributed by atoms with Gasteiger partial charge in [0.15, 0.2) is 11.6 Å². The molecule has 1 saturated carbocycles. The molecule has 10 heteroatoms. The first-order valence-corrected chi connectivity index (χ1v) is 24.6. The Bertz CT molecular complexity index is 1620. The van der Waals surface area contributed by atoms with Gasteiger partial charge in [-0.2, -0.15) is 0 Å². The summed E-state index contributed by atoms with van der Waals surface area (Å²) in [6.07, 6.45) is 8.95. The fourth-order valence-electron chi connectivity index (χ4n) is 11.4. The molecule has 0 aromatic heterocycles. The molecule has 0 N–H and O–H groups in total. The van der Waals surface area contributed by atoms with E-state index in [9.17, 15) is 4.79 Å². The average Bonchev–Trinajstić information content (AvgIpc) is 3.84. The van der Waals surface area contributed by atoms with Gasteiger partial charge < -0.3 is 37.6 Å². The van der Waals surface area contributed by atoms with Gasteiger partial charge in [-0.05, 0) is 73.2 Å². The van der Waals surface area contributed by atoms with Crippen LogP contribution >= 0.6 is 0 Å². The second kappa shape index (κ2) is 17.4. The lowest BCUT2D eigenvalue weighted by Crippen LogP contribution is -2.68. The van der Waals surface area contributed by atoms with Crippen LogP contribution in [0.2, 0.25) is 5.04 Å². The maximum absolute atomic E-state index is 14.0. The minimum atomic E-state index is -2.81. The molecule has 1 aliphatic carbocycles. The Labute approximate surface area is 348 Å². The molecule has 11 atom stereocenters. The predicted octanol–water partition coefficient (Wildman–Crippen LogP) is 8.03. The minimum Gasteiger partial charge on any atom is -0.405 e. The van der Waals surface area contributed by atoms with Crippen molar-refractivity contribution in [1.29, 1.82) is 0 Å². The number of fused-ring (bicyclic) bond motifs is 3. The van der Waals surface area contributed by atoms with Crippen LogP contribution in [0.5, 0.6) is 0 Å². The summed E-state index contributed by atoms with van der Waals surface area (Å²) < 4.78 is 54.2. The zero-order valence-electron chi connectivity index (χ0n) is 36.2. The van der Waals surface area contributed by atoms with E-state index >= 15 is 0 Å². The maximum Gasteiger partial charge on any atom is 0.261 e. The molecule has 0 amide bonds. The highest BCUT2D eigenvalue weighted by Crippen LogP contribution is 2.48. The molecular weight excluding hydrogens is 749 g/mol. The van der Waals surface area contributed by atoms with Crippen molar-refractivity contribution in [2.75, 3.05) is 13.2 Å². The van der Waals surface area contributed by atoms with Crippen molar-refractivity contribution in [2.45, 2.75) is 197 Å². The summed E-state index contributed by atoms with van der Waals surface area (Å²) in [5.74, 6) is -0.484. The molecule has 9 nitrogen and oxygen atoms in total. The topological polar surface area (TPSA) is 90.9 Å². The molecule has 2 aromatic carbocycles. The number of hydrogen-bond donors (Lipinski definition) is 0. The van der Waals surface area contributed by atoms with E-state index in [4.69, 9.17) is 37.6 Å². The summed E-state index contributed by atoms with van der Waals surface area (Å²) in [6.45, 7) is 16.3. The van der Waals surface area contributed by atoms with E-state index in [0.29, 0.717) is 26.1 Å². The average molecular weight is 819 g/mol. The van der Waals surface area contributed by atoms with Crippen LogP contribution in [0.3, 0.4) is 0 Å². The summed E-state index contributed by atoms with van der Waals surface area (Å²) in [5, 5.41) is 2.33. The second-order valence-corrected chi connectivity index (χ2v) is 24.1. The number of ether oxygens (including phenoxy) is 7. The van der Waals surface area contributed by atoms with Crippen molar-refractivity contribution < 1.29 is 42.4 Å². The fraction of sp³-hybridized carbons (Fsp3) is 0.729. The molecule has 2 aromatic rings. The lowest BCUT2D eigenvalue weighted by atomic mass is 9.81. The molecule has 0 radical (unpaired) electrons. The van der Waals surface area contributed by atoms with Crippen LogP contribution in [0.4, 0.5) is 0 Å². The highest BCUT2D eigenvalue weighted by atomic mass is 28.4. The van der Waals surface area contributed by atoms with Crippen LogP contribution in [0.1, 0.15) is 126 Å². The van der Waals surface area contributed by atoms with Crippen LogP contribution in [-0.2, 0) is 42.4 Å². The van der Waals surface area contributed by atoms with Crippen molar-refractivity contribution in [3.8, 4) is 0 Å². The monoisotopic (exact) mass is 818 g/mol. The number of carbonyl (C=O) groups is 1. The maximum atomic E-state index is 14.0. The number of benzene rings is 2. The number of rotatable bonds is 13. The van der Waals surface area contributed by atoms with Crippen LogP contribution in [0, 0.1) is 11.8 Å². The summed E-state index contributed by atoms with van der Waals surface area (Å²) in [4.78, 5) is 14.0. The van der Waals surface area contributed by atoms with Crippen LogP contribution in [0.25, 0.3) is 0 Å². The number of Topliss-reactive ketones (excluding diaryl/α,β-unsaturated/α-hetero) is 1. The molecule has 6 aliphatic rings. The smallest absolute Gasteiger partial charge is 0.261 e. The van der Waals surface area contributed by atoms with E-state index < -0.39 is 19.9 Å². The van der Waals surface area contributed by atoms with Crippen molar-refractivity contribution in [3.05, 3.63) is 60.7 Å². The van der Waals surface area contributed by atoms with E-state index in [2.05, 4.69) is 95.3 Å². The lowest BCUT2D eigenvalue weighted by Gasteiger charge is -2.48. The molecule has 1 spiro atoms. The van der Waals surface area contributed by atoms with Gasteiger partial charge in [-0.1, -0.05) is 108 Å². The number of hydrogen-bond acceptors (Lipinski definition) is 9. The summed E-state index contributed by atoms with van der Waals surface area (Å²) >= 11 is 0. The molecule has 58 heavy (non-hydrogen) atoms. The van der Waals surface area contributed by atoms with Gasteiger partial charge >= 0.3 is 0 Å². The van der Waals surface area contributed by atoms with Gasteiger partial charge in [-0.3, -0.25) is 4.79 Å². The van der Waals surface area contributed by atoms with E-state index in [-0.39, 0.29) is 77.6 Å². The SMILES string of the molecule is CCC[C@@H]1OC(C[C@H]2COC(C)(C)O2)[C@H](C)[C@H]1CC(=O)CC1CC[C@@H]2O[C@@H](CO[Si](c3ccccc3)(c3ccccc3)C(C)(C)C)[C@H]3OC4(CCCCC4)O[C@H]3[C@H]2O1. The first-order chi connectivity index (χ1) is 27.8. The zero-order chi connectivity index (χ0) is 40.7. The summed E-state index contributed by atoms with van der Waals surface area (Å²) in [7, 11) is -2.81. The van der Waals surface area contributed by atoms with Crippen molar-refractivity contribution in [1.82, 2.24) is 0 Å². The molecule has 5 saturated heterocycles. The highest BCUT2D eigenvalue weighted by molar-refractivity contribution is 6.99. The van der Waals surface area contributed by atoms with Crippen molar-refractivity contribution >= 4 is 24.5 Å². The molecule has 6 fully saturated rings. The van der Waals surface area contributed by atoms with E-state index in [0.717, 1.165) is 57.8 Å². The third-order valence-corrected chi connectivity index (χ3v) is 19.2. The van der Waals surface area contributed by atoms with E-state index in [1.54, 1.807) is 0 Å². The molecule has 8 rings (SSSR count). The van der Waals surface area contributed by atoms with Gasteiger partial charge in [0.05, 0.1) is 43.7 Å². The van der Waals surface area contributed by atoms with Gasteiger partial charge in [0.25, 0.3) is 8.32 Å². The Hall–Kier alpha value is -1.99. The van der Waals surface area contributed by atoms with Crippen LogP contribution in [-0.4, -0.2) is 93.8 Å². The van der Waals surface area contributed by atoms with Crippen molar-refractivity contribution in [2.24, 2.45) is 11.8 Å². The van der Waals surface area contributed by atoms with E-state index in [1.165, 1.54) is 16.8 Å². The van der Waals surface area contributed by atoms with E-state index in [1.807, 2.05) is 13.8 Å². The van der Waals surface area contributed by atoms with Gasteiger partial charge in [-0.25, -0.2) is 0 Å². The van der Waals surface area contributed by atoms with Gasteiger partial charge in [-0.15, -0.1) is 0 Å². The largest absolute Gasteiger partial charge is 0.405 e. The van der Waals surface area contributed by atoms with Crippen LogP contribution in [0.15, 0.2) is 60.7 Å². The third kappa shape index (κ3) is 8.71. The molecule has 5 aliphatic heterocycles. The quantitative estimate of drug-likeness (QED) is 0.187. The molecular formula is C48H70O9Si. The Kier molecular flexibility index (Phi) is 12.8. The fourth-order valence-corrected chi connectivity index (χ4v) is 15.9. The molecule has 0 bridgehead atoms. The molecule has 320 valence electrons. The van der Waals surface area contributed by atoms with Crippen LogP contribution < -0.4 is 10.4 Å². The Morgan fingerprint density at radius 2 is 1.45 bits per heavy atom. The third-order valence-electron chi connectivity index (χ3n) is 14.2. The van der Waals surface area contributed by atoms with Gasteiger partial charge in [0, 0.05) is 32.1 Å². The Morgan fingerprint density at radius 1 is 0.776 bits per heavy atom. The van der Waals surface area contributed by atoms with Gasteiger partial charge in [0.1, 0.15) is 30.2 Å². The molecule has 2 unspecified atom stereocenters. The Balaban J connectivity index is 0.966. The first-order valence-electron chi connectivity index (χ1n) is 22.7. The molecule has 5 heterocycles. The van der Waals surface area contributed by atoms with Gasteiger partial charge in [0.2, 0.25) is 0 Å².